The Hall–Kier alpha value is -1.24. The Morgan fingerprint density at radius 1 is 0.667 bits per heavy atom. The molecule has 6 heterocycles. The number of thiophene rings is 5. The minimum atomic E-state index is 1.04. The molecule has 7 aromatic rings. The van der Waals surface area contributed by atoms with Crippen molar-refractivity contribution in [1.29, 1.82) is 0 Å². The Morgan fingerprint density at radius 2 is 1.31 bits per heavy atom. The van der Waals surface area contributed by atoms with E-state index in [-0.39, 0.29) is 0 Å². The zero-order chi connectivity index (χ0) is 33.0. The summed E-state index contributed by atoms with van der Waals surface area (Å²) < 4.78 is 17.8. The molecule has 0 N–H and O–H groups in total. The second-order valence-corrected chi connectivity index (χ2v) is 20.8. The van der Waals surface area contributed by atoms with Crippen LogP contribution in [0.2, 0.25) is 0 Å². The smallest absolute Gasteiger partial charge is 0.114 e. The molecule has 6 aromatic heterocycles. The normalized spacial score (nSPS) is 12.2. The molecular formula is C38H38Br2N2S6. The van der Waals surface area contributed by atoms with Gasteiger partial charge in [0.15, 0.2) is 0 Å². The van der Waals surface area contributed by atoms with Crippen LogP contribution in [0.3, 0.4) is 0 Å². The number of aromatic nitrogens is 2. The van der Waals surface area contributed by atoms with Crippen LogP contribution in [0.5, 0.6) is 0 Å². The first-order chi connectivity index (χ1) is 23.5. The number of rotatable bonds is 16. The predicted octanol–water partition coefficient (Wildman–Crippen LogP) is 16.4. The number of hydrogen-bond donors (Lipinski definition) is 0. The van der Waals surface area contributed by atoms with Gasteiger partial charge in [-0.2, -0.15) is 8.75 Å². The highest BCUT2D eigenvalue weighted by molar-refractivity contribution is 9.12. The largest absolute Gasteiger partial charge is 0.172 e. The van der Waals surface area contributed by atoms with Crippen molar-refractivity contribution in [3.63, 3.8) is 0 Å². The van der Waals surface area contributed by atoms with Crippen molar-refractivity contribution in [3.05, 3.63) is 64.9 Å². The Kier molecular flexibility index (Phi) is 12.0. The fourth-order valence-electron chi connectivity index (χ4n) is 6.36. The molecule has 7 rings (SSSR count). The van der Waals surface area contributed by atoms with E-state index in [9.17, 15) is 0 Å². The van der Waals surface area contributed by atoms with Gasteiger partial charge in [0.2, 0.25) is 0 Å². The summed E-state index contributed by atoms with van der Waals surface area (Å²) in [5.41, 5.74) is 8.76. The van der Waals surface area contributed by atoms with E-state index in [1.807, 2.05) is 45.3 Å². The molecule has 0 fully saturated rings. The monoisotopic (exact) mass is 872 g/mol. The summed E-state index contributed by atoms with van der Waals surface area (Å²) in [6.07, 6.45) is 20.0. The lowest BCUT2D eigenvalue weighted by molar-refractivity contribution is 0.633. The lowest BCUT2D eigenvalue weighted by Crippen LogP contribution is -1.86. The van der Waals surface area contributed by atoms with E-state index in [4.69, 9.17) is 8.75 Å². The molecule has 0 unspecified atom stereocenters. The van der Waals surface area contributed by atoms with Gasteiger partial charge in [-0.25, -0.2) is 0 Å². The predicted molar refractivity (Wildman–Crippen MR) is 228 cm³/mol. The van der Waals surface area contributed by atoms with Gasteiger partial charge >= 0.3 is 0 Å². The number of aryl methyl sites for hydroxylation is 2. The second-order valence-electron chi connectivity index (χ2n) is 12.4. The van der Waals surface area contributed by atoms with E-state index in [0.29, 0.717) is 0 Å². The van der Waals surface area contributed by atoms with Crippen molar-refractivity contribution < 1.29 is 0 Å². The molecule has 0 amide bonds. The highest BCUT2D eigenvalue weighted by atomic mass is 79.9. The minimum Gasteiger partial charge on any atom is -0.172 e. The van der Waals surface area contributed by atoms with Crippen LogP contribution in [0, 0.1) is 0 Å². The average Bonchev–Trinajstić information content (AvgIpc) is 3.92. The molecule has 0 radical (unpaired) electrons. The molecule has 0 bridgehead atoms. The SMILES string of the molecule is CCCCCCCc1csc2cc(-c3ccc(-c4cc5sc(/C=C/c6cc(Br)sc6Br)c(CCCCCCC)c5s4)c4nsnc34)sc12. The Bertz CT molecular complexity index is 2170. The molecule has 48 heavy (non-hydrogen) atoms. The molecule has 1 aromatic carbocycles. The zero-order valence-electron chi connectivity index (χ0n) is 27.2. The zero-order valence-corrected chi connectivity index (χ0v) is 35.3. The van der Waals surface area contributed by atoms with Crippen molar-refractivity contribution in [1.82, 2.24) is 8.75 Å². The standard InChI is InChI=1S/C38H38Br2N2S6/c1-3-5-7-9-11-13-24-22-43-31-20-29(45-36(24)31)25-16-17-26(35-34(25)41-48-42-35)30-21-32-37(46-30)27(14-12-10-8-6-4-2)28(44-32)18-15-23-19-33(39)47-38(23)40/h15-22H,3-14H2,1-2H3/b18-15+. The fourth-order valence-corrected chi connectivity index (χ4v) is 14.8. The van der Waals surface area contributed by atoms with Gasteiger partial charge in [-0.1, -0.05) is 83.4 Å². The van der Waals surface area contributed by atoms with E-state index in [2.05, 4.69) is 93.6 Å². The summed E-state index contributed by atoms with van der Waals surface area (Å²) in [5, 5.41) is 2.39. The maximum atomic E-state index is 4.88. The van der Waals surface area contributed by atoms with Gasteiger partial charge in [0, 0.05) is 50.1 Å². The third-order valence-electron chi connectivity index (χ3n) is 8.93. The number of halogens is 2. The summed E-state index contributed by atoms with van der Waals surface area (Å²) in [6.45, 7) is 4.57. The Morgan fingerprint density at radius 3 is 1.98 bits per heavy atom. The van der Waals surface area contributed by atoms with Crippen LogP contribution < -0.4 is 0 Å². The topological polar surface area (TPSA) is 25.8 Å². The first-order valence-electron chi connectivity index (χ1n) is 17.0. The molecule has 10 heteroatoms. The van der Waals surface area contributed by atoms with Gasteiger partial charge in [0.1, 0.15) is 11.0 Å². The summed E-state index contributed by atoms with van der Waals surface area (Å²) in [7, 11) is 0. The van der Waals surface area contributed by atoms with Crippen molar-refractivity contribution in [2.24, 2.45) is 0 Å². The molecule has 0 atom stereocenters. The maximum Gasteiger partial charge on any atom is 0.114 e. The minimum absolute atomic E-state index is 1.04. The summed E-state index contributed by atoms with van der Waals surface area (Å²) in [6, 6.07) is 11.6. The van der Waals surface area contributed by atoms with Gasteiger partial charge in [-0.3, -0.25) is 0 Å². The molecule has 0 aliphatic carbocycles. The van der Waals surface area contributed by atoms with Crippen molar-refractivity contribution >= 4 is 142 Å². The van der Waals surface area contributed by atoms with Gasteiger partial charge in [-0.05, 0) is 98.3 Å². The molecule has 0 saturated heterocycles. The average molecular weight is 875 g/mol. The summed E-state index contributed by atoms with van der Waals surface area (Å²) >= 11 is 18.1. The molecule has 0 aliphatic heterocycles. The van der Waals surface area contributed by atoms with Gasteiger partial charge in [0.05, 0.1) is 19.3 Å². The number of fused-ring (bicyclic) bond motifs is 3. The second kappa shape index (κ2) is 16.4. The van der Waals surface area contributed by atoms with Crippen LogP contribution in [-0.2, 0) is 12.8 Å². The van der Waals surface area contributed by atoms with Crippen molar-refractivity contribution in [2.45, 2.75) is 90.9 Å². The number of benzene rings is 1. The fraction of sp³-hybridized carbons (Fsp3) is 0.368. The molecule has 0 aliphatic rings. The van der Waals surface area contributed by atoms with E-state index in [0.717, 1.165) is 25.0 Å². The summed E-state index contributed by atoms with van der Waals surface area (Å²) in [5.74, 6) is 0. The number of unbranched alkanes of at least 4 members (excludes halogenated alkanes) is 8. The van der Waals surface area contributed by atoms with E-state index in [1.54, 1.807) is 11.3 Å². The number of hydrogen-bond acceptors (Lipinski definition) is 8. The van der Waals surface area contributed by atoms with Crippen LogP contribution in [0.4, 0.5) is 0 Å². The molecule has 0 saturated carbocycles. The van der Waals surface area contributed by atoms with Gasteiger partial charge in [-0.15, -0.1) is 56.7 Å². The number of nitrogens with zero attached hydrogens (tertiary/aromatic N) is 2. The molecule has 2 nitrogen and oxygen atoms in total. The quantitative estimate of drug-likeness (QED) is 0.0904. The molecule has 0 spiro atoms. The highest BCUT2D eigenvalue weighted by Crippen LogP contribution is 2.47. The third kappa shape index (κ3) is 7.66. The first-order valence-corrected chi connectivity index (χ1v) is 23.4. The van der Waals surface area contributed by atoms with Gasteiger partial charge < -0.3 is 0 Å². The molecule has 250 valence electrons. The van der Waals surface area contributed by atoms with Crippen molar-refractivity contribution in [3.8, 4) is 20.9 Å². The third-order valence-corrected chi connectivity index (χ3v) is 16.7. The lowest BCUT2D eigenvalue weighted by Gasteiger charge is -2.04. The van der Waals surface area contributed by atoms with Crippen LogP contribution in [0.1, 0.15) is 99.6 Å². The van der Waals surface area contributed by atoms with Crippen LogP contribution in [0.25, 0.3) is 62.9 Å². The Labute approximate surface area is 324 Å². The van der Waals surface area contributed by atoms with Crippen LogP contribution in [0.15, 0.2) is 43.3 Å². The van der Waals surface area contributed by atoms with Crippen LogP contribution in [-0.4, -0.2) is 8.75 Å². The lowest BCUT2D eigenvalue weighted by atomic mass is 10.0. The first kappa shape index (κ1) is 35.2. The molecular weight excluding hydrogens is 837 g/mol. The maximum absolute atomic E-state index is 4.88. The van der Waals surface area contributed by atoms with E-state index < -0.39 is 0 Å². The Balaban J connectivity index is 1.18. The van der Waals surface area contributed by atoms with E-state index in [1.165, 1.54) is 144 Å². The van der Waals surface area contributed by atoms with Gasteiger partial charge in [0.25, 0.3) is 0 Å². The highest BCUT2D eigenvalue weighted by Gasteiger charge is 2.20. The summed E-state index contributed by atoms with van der Waals surface area (Å²) in [4.78, 5) is 4.00. The van der Waals surface area contributed by atoms with Crippen molar-refractivity contribution in [2.75, 3.05) is 0 Å². The van der Waals surface area contributed by atoms with Crippen LogP contribution >= 0.6 is 100 Å². The van der Waals surface area contributed by atoms with E-state index >= 15 is 0 Å².